The highest BCUT2D eigenvalue weighted by Crippen LogP contribution is 2.37. The molecule has 1 saturated carbocycles. The second kappa shape index (κ2) is 6.53. The van der Waals surface area contributed by atoms with Gasteiger partial charge in [0, 0.05) is 11.1 Å². The summed E-state index contributed by atoms with van der Waals surface area (Å²) in [6, 6.07) is 18.1. The van der Waals surface area contributed by atoms with Gasteiger partial charge in [0.1, 0.15) is 5.52 Å². The van der Waals surface area contributed by atoms with Gasteiger partial charge in [-0.25, -0.2) is 4.57 Å². The van der Waals surface area contributed by atoms with Crippen LogP contribution in [0.2, 0.25) is 0 Å². The summed E-state index contributed by atoms with van der Waals surface area (Å²) in [6.45, 7) is 4.34. The number of imidazole rings is 1. The number of aromatic nitrogens is 3. The number of fused-ring (bicyclic) bond motifs is 8. The molecule has 0 bridgehead atoms. The maximum atomic E-state index is 5.09. The van der Waals surface area contributed by atoms with Gasteiger partial charge >= 0.3 is 0 Å². The molecule has 3 heterocycles. The molecule has 0 saturated heterocycles. The Hall–Kier alpha value is -2.94. The number of hydrogen-bond acceptors (Lipinski definition) is 1. The maximum Gasteiger partial charge on any atom is 0.297 e. The molecule has 0 amide bonds. The highest BCUT2D eigenvalue weighted by molar-refractivity contribution is 6.12. The Morgan fingerprint density at radius 3 is 2.57 bits per heavy atom. The molecule has 3 heteroatoms. The van der Waals surface area contributed by atoms with Gasteiger partial charge in [0.05, 0.1) is 18.0 Å². The van der Waals surface area contributed by atoms with Crippen molar-refractivity contribution in [3.63, 3.8) is 0 Å². The highest BCUT2D eigenvalue weighted by Gasteiger charge is 2.26. The van der Waals surface area contributed by atoms with Crippen molar-refractivity contribution in [2.75, 3.05) is 0 Å². The first kappa shape index (κ1) is 17.9. The number of nitrogens with zero attached hydrogens (tertiary/aromatic N) is 3. The van der Waals surface area contributed by atoms with Crippen LogP contribution in [-0.4, -0.2) is 9.38 Å². The maximum absolute atomic E-state index is 5.09. The van der Waals surface area contributed by atoms with Gasteiger partial charge in [0.15, 0.2) is 11.0 Å². The highest BCUT2D eigenvalue weighted by atomic mass is 15.1. The normalized spacial score (nSPS) is 15.7. The Bertz CT molecular complexity index is 1450. The lowest BCUT2D eigenvalue weighted by Crippen LogP contribution is -2.27. The molecule has 0 spiro atoms. The Labute approximate surface area is 177 Å². The van der Waals surface area contributed by atoms with Crippen LogP contribution in [0, 0.1) is 13.8 Å². The van der Waals surface area contributed by atoms with Crippen molar-refractivity contribution in [1.82, 2.24) is 9.38 Å². The lowest BCUT2D eigenvalue weighted by atomic mass is 9.83. The fourth-order valence-electron chi connectivity index (χ4n) is 5.78. The first-order valence-corrected chi connectivity index (χ1v) is 11.3. The van der Waals surface area contributed by atoms with Gasteiger partial charge in [-0.3, -0.25) is 4.98 Å². The van der Waals surface area contributed by atoms with Crippen molar-refractivity contribution < 1.29 is 4.57 Å². The predicted octanol–water partition coefficient (Wildman–Crippen LogP) is 6.28. The number of rotatable bonds is 1. The van der Waals surface area contributed by atoms with E-state index < -0.39 is 0 Å². The molecule has 6 rings (SSSR count). The van der Waals surface area contributed by atoms with Gasteiger partial charge < -0.3 is 0 Å². The largest absolute Gasteiger partial charge is 0.297 e. The van der Waals surface area contributed by atoms with Gasteiger partial charge in [-0.15, -0.1) is 0 Å². The molecule has 0 N–H and O–H groups in total. The molecule has 5 aromatic rings. The van der Waals surface area contributed by atoms with Gasteiger partial charge in [-0.05, 0) is 74.1 Å². The molecular formula is C27H28N3+. The van der Waals surface area contributed by atoms with E-state index in [9.17, 15) is 0 Å². The van der Waals surface area contributed by atoms with Crippen LogP contribution in [0.3, 0.4) is 0 Å². The molecule has 1 aliphatic carbocycles. The fourth-order valence-corrected chi connectivity index (χ4v) is 5.78. The first-order valence-electron chi connectivity index (χ1n) is 11.3. The summed E-state index contributed by atoms with van der Waals surface area (Å²) in [4.78, 5) is 5.09. The summed E-state index contributed by atoms with van der Waals surface area (Å²) in [5, 5.41) is 2.56. The topological polar surface area (TPSA) is 21.2 Å². The van der Waals surface area contributed by atoms with Gasteiger partial charge in [0.2, 0.25) is 0 Å². The lowest BCUT2D eigenvalue weighted by molar-refractivity contribution is -0.617. The van der Waals surface area contributed by atoms with Crippen LogP contribution < -0.4 is 4.57 Å². The molecule has 3 aromatic heterocycles. The van der Waals surface area contributed by atoms with Crippen molar-refractivity contribution in [3.05, 3.63) is 65.4 Å². The lowest BCUT2D eigenvalue weighted by Gasteiger charge is -2.22. The van der Waals surface area contributed by atoms with Gasteiger partial charge in [-0.1, -0.05) is 37.5 Å². The van der Waals surface area contributed by atoms with E-state index in [4.69, 9.17) is 4.98 Å². The molecule has 1 fully saturated rings. The quantitative estimate of drug-likeness (QED) is 0.242. The van der Waals surface area contributed by atoms with E-state index in [1.165, 1.54) is 76.2 Å². The van der Waals surface area contributed by atoms with E-state index in [0.29, 0.717) is 5.92 Å². The minimum Gasteiger partial charge on any atom is -0.252 e. The Kier molecular flexibility index (Phi) is 3.89. The zero-order valence-electron chi connectivity index (χ0n) is 18.1. The molecule has 30 heavy (non-hydrogen) atoms. The summed E-state index contributed by atoms with van der Waals surface area (Å²) in [7, 11) is 2.18. The zero-order valence-corrected chi connectivity index (χ0v) is 18.1. The second-order valence-electron chi connectivity index (χ2n) is 9.12. The number of para-hydroxylation sites is 2. The average molecular weight is 395 g/mol. The molecule has 2 aromatic carbocycles. The monoisotopic (exact) mass is 394 g/mol. The summed E-state index contributed by atoms with van der Waals surface area (Å²) in [6.07, 6.45) is 6.74. The third-order valence-electron chi connectivity index (χ3n) is 7.18. The van der Waals surface area contributed by atoms with Crippen LogP contribution >= 0.6 is 0 Å². The number of pyridine rings is 2. The van der Waals surface area contributed by atoms with E-state index >= 15 is 0 Å². The second-order valence-corrected chi connectivity index (χ2v) is 9.12. The van der Waals surface area contributed by atoms with E-state index in [2.05, 4.69) is 78.4 Å². The SMILES string of the molecule is Cc1cc(C)c2c(n1)c1cc(C3CCCCC3)ccc1n1c3ccccc3[n+](C)c21. The zero-order chi connectivity index (χ0) is 20.4. The Morgan fingerprint density at radius 2 is 1.73 bits per heavy atom. The van der Waals surface area contributed by atoms with Crippen LogP contribution in [0.25, 0.3) is 38.5 Å². The van der Waals surface area contributed by atoms with E-state index in [1.807, 2.05) is 0 Å². The van der Waals surface area contributed by atoms with Crippen molar-refractivity contribution >= 4 is 38.5 Å². The van der Waals surface area contributed by atoms with Crippen LogP contribution in [0.4, 0.5) is 0 Å². The first-order chi connectivity index (χ1) is 14.6. The van der Waals surface area contributed by atoms with Crippen molar-refractivity contribution in [2.24, 2.45) is 7.05 Å². The van der Waals surface area contributed by atoms with Gasteiger partial charge in [0.25, 0.3) is 5.65 Å². The van der Waals surface area contributed by atoms with E-state index in [1.54, 1.807) is 0 Å². The third kappa shape index (κ3) is 2.44. The smallest absolute Gasteiger partial charge is 0.252 e. The molecule has 0 radical (unpaired) electrons. The van der Waals surface area contributed by atoms with Crippen LogP contribution in [0.15, 0.2) is 48.5 Å². The minimum atomic E-state index is 0.692. The molecule has 1 aliphatic rings. The molecule has 0 aliphatic heterocycles. The standard InChI is InChI=1S/C27H28N3/c1-17-15-18(2)28-26-21-16-20(19-9-5-4-6-10-19)13-14-22(21)30-24-12-8-7-11-23(24)29(3)27(30)25(17)26/h7-8,11-16,19H,4-6,9-10H2,1-3H3/q+1. The number of aryl methyl sites for hydroxylation is 3. The number of benzene rings is 2. The van der Waals surface area contributed by atoms with Crippen molar-refractivity contribution in [1.29, 1.82) is 0 Å². The van der Waals surface area contributed by atoms with Crippen molar-refractivity contribution in [2.45, 2.75) is 51.9 Å². The van der Waals surface area contributed by atoms with E-state index in [-0.39, 0.29) is 0 Å². The molecule has 0 unspecified atom stereocenters. The van der Waals surface area contributed by atoms with Crippen LogP contribution in [-0.2, 0) is 7.05 Å². The number of hydrogen-bond donors (Lipinski definition) is 0. The summed E-state index contributed by atoms with van der Waals surface area (Å²) < 4.78 is 4.78. The molecule has 0 atom stereocenters. The Balaban J connectivity index is 1.83. The molecular weight excluding hydrogens is 366 g/mol. The molecule has 150 valence electrons. The average Bonchev–Trinajstić information content (AvgIpc) is 3.07. The molecule has 3 nitrogen and oxygen atoms in total. The Morgan fingerprint density at radius 1 is 0.933 bits per heavy atom. The summed E-state index contributed by atoms with van der Waals surface area (Å²) in [5.74, 6) is 0.692. The third-order valence-corrected chi connectivity index (χ3v) is 7.18. The van der Waals surface area contributed by atoms with E-state index in [0.717, 1.165) is 11.2 Å². The fraction of sp³-hybridized carbons (Fsp3) is 0.333. The van der Waals surface area contributed by atoms with Gasteiger partial charge in [-0.2, -0.15) is 4.40 Å². The summed E-state index contributed by atoms with van der Waals surface area (Å²) >= 11 is 0. The minimum absolute atomic E-state index is 0.692. The van der Waals surface area contributed by atoms with Crippen molar-refractivity contribution in [3.8, 4) is 0 Å². The van der Waals surface area contributed by atoms with Crippen LogP contribution in [0.1, 0.15) is 54.8 Å². The predicted molar refractivity (Wildman–Crippen MR) is 124 cm³/mol. The summed E-state index contributed by atoms with van der Waals surface area (Å²) in [5.41, 5.74) is 10.0. The van der Waals surface area contributed by atoms with Crippen LogP contribution in [0.5, 0.6) is 0 Å².